The first-order valence-electron chi connectivity index (χ1n) is 7.82. The van der Waals surface area contributed by atoms with Crippen LogP contribution in [0.25, 0.3) is 0 Å². The molecule has 4 heteroatoms. The predicted molar refractivity (Wildman–Crippen MR) is 85.6 cm³/mol. The number of hydrogen-bond donors (Lipinski definition) is 0. The molecule has 0 radical (unpaired) electrons. The number of fused-ring (bicyclic) bond motifs is 1. The molecule has 1 aliphatic carbocycles. The zero-order valence-electron chi connectivity index (χ0n) is 12.7. The summed E-state index contributed by atoms with van der Waals surface area (Å²) >= 11 is 1.93. The van der Waals surface area contributed by atoms with Gasteiger partial charge in [0.15, 0.2) is 0 Å². The van der Waals surface area contributed by atoms with Crippen molar-refractivity contribution in [2.24, 2.45) is 0 Å². The molecule has 0 amide bonds. The average Bonchev–Trinajstić information content (AvgIpc) is 3.26. The molecule has 0 atom stereocenters. The van der Waals surface area contributed by atoms with Crippen molar-refractivity contribution in [3.63, 3.8) is 0 Å². The third kappa shape index (κ3) is 2.74. The molecule has 21 heavy (non-hydrogen) atoms. The van der Waals surface area contributed by atoms with Gasteiger partial charge in [0.25, 0.3) is 0 Å². The topological polar surface area (TPSA) is 29.0 Å². The molecule has 0 saturated heterocycles. The highest BCUT2D eigenvalue weighted by molar-refractivity contribution is 7.12. The number of aromatic nitrogens is 2. The lowest BCUT2D eigenvalue weighted by Gasteiger charge is -2.27. The van der Waals surface area contributed by atoms with E-state index in [1.165, 1.54) is 39.4 Å². The van der Waals surface area contributed by atoms with Crippen LogP contribution in [0.5, 0.6) is 0 Å². The molecule has 0 spiro atoms. The summed E-state index contributed by atoms with van der Waals surface area (Å²) in [5.41, 5.74) is 4.04. The van der Waals surface area contributed by atoms with E-state index in [1.807, 2.05) is 11.3 Å². The Kier molecular flexibility index (Phi) is 3.31. The van der Waals surface area contributed by atoms with E-state index in [-0.39, 0.29) is 0 Å². The second-order valence-corrected chi connectivity index (χ2v) is 7.73. The SMILES string of the molecule is Cc1cc(CN2CCc3nc(C4CC4)ncc3C2)sc1C. The summed E-state index contributed by atoms with van der Waals surface area (Å²) in [6.45, 7) is 7.58. The normalized spacial score (nSPS) is 18.8. The van der Waals surface area contributed by atoms with Gasteiger partial charge < -0.3 is 0 Å². The second kappa shape index (κ2) is 5.18. The molecule has 1 aliphatic heterocycles. The highest BCUT2D eigenvalue weighted by Crippen LogP contribution is 2.38. The smallest absolute Gasteiger partial charge is 0.131 e. The first kappa shape index (κ1) is 13.4. The summed E-state index contributed by atoms with van der Waals surface area (Å²) in [6.07, 6.45) is 5.71. The summed E-state index contributed by atoms with van der Waals surface area (Å²) in [6, 6.07) is 2.34. The van der Waals surface area contributed by atoms with E-state index in [9.17, 15) is 0 Å². The van der Waals surface area contributed by atoms with Gasteiger partial charge in [0.2, 0.25) is 0 Å². The molecular weight excluding hydrogens is 278 g/mol. The molecule has 0 aromatic carbocycles. The molecule has 1 saturated carbocycles. The first-order valence-corrected chi connectivity index (χ1v) is 8.63. The Balaban J connectivity index is 1.48. The van der Waals surface area contributed by atoms with Crippen LogP contribution in [0.2, 0.25) is 0 Å². The van der Waals surface area contributed by atoms with Crippen LogP contribution >= 0.6 is 11.3 Å². The summed E-state index contributed by atoms with van der Waals surface area (Å²) in [7, 11) is 0. The van der Waals surface area contributed by atoms with E-state index in [1.54, 1.807) is 0 Å². The van der Waals surface area contributed by atoms with E-state index in [0.717, 1.165) is 31.9 Å². The Morgan fingerprint density at radius 3 is 2.90 bits per heavy atom. The predicted octanol–water partition coefficient (Wildman–Crippen LogP) is 3.59. The van der Waals surface area contributed by atoms with Crippen molar-refractivity contribution in [2.45, 2.75) is 52.1 Å². The number of thiophene rings is 1. The largest absolute Gasteiger partial charge is 0.293 e. The second-order valence-electron chi connectivity index (χ2n) is 6.39. The van der Waals surface area contributed by atoms with Gasteiger partial charge in [-0.3, -0.25) is 4.90 Å². The van der Waals surface area contributed by atoms with Gasteiger partial charge in [-0.1, -0.05) is 0 Å². The van der Waals surface area contributed by atoms with E-state index in [0.29, 0.717) is 5.92 Å². The molecule has 2 aliphatic rings. The van der Waals surface area contributed by atoms with Crippen molar-refractivity contribution < 1.29 is 0 Å². The van der Waals surface area contributed by atoms with Gasteiger partial charge in [-0.25, -0.2) is 9.97 Å². The monoisotopic (exact) mass is 299 g/mol. The van der Waals surface area contributed by atoms with Gasteiger partial charge in [0, 0.05) is 59.2 Å². The Bertz CT molecular complexity index is 653. The quantitative estimate of drug-likeness (QED) is 0.867. The molecule has 1 fully saturated rings. The fourth-order valence-corrected chi connectivity index (χ4v) is 4.11. The average molecular weight is 299 g/mol. The molecule has 4 rings (SSSR count). The molecule has 0 N–H and O–H groups in total. The van der Waals surface area contributed by atoms with Gasteiger partial charge in [-0.2, -0.15) is 0 Å². The Hall–Kier alpha value is -1.26. The zero-order valence-corrected chi connectivity index (χ0v) is 13.5. The van der Waals surface area contributed by atoms with Gasteiger partial charge in [-0.05, 0) is 38.3 Å². The van der Waals surface area contributed by atoms with Gasteiger partial charge >= 0.3 is 0 Å². The van der Waals surface area contributed by atoms with Crippen LogP contribution in [0.1, 0.15) is 51.2 Å². The highest BCUT2D eigenvalue weighted by atomic mass is 32.1. The van der Waals surface area contributed by atoms with Crippen LogP contribution in [0.15, 0.2) is 12.3 Å². The first-order chi connectivity index (χ1) is 10.2. The van der Waals surface area contributed by atoms with Crippen molar-refractivity contribution in [1.82, 2.24) is 14.9 Å². The molecule has 3 nitrogen and oxygen atoms in total. The molecule has 110 valence electrons. The zero-order chi connectivity index (χ0) is 14.4. The van der Waals surface area contributed by atoms with Crippen LogP contribution in [-0.4, -0.2) is 21.4 Å². The third-order valence-corrected chi connectivity index (χ3v) is 5.71. The standard InChI is InChI=1S/C17H21N3S/c1-11-7-15(21-12(11)2)10-20-6-5-16-14(9-20)8-18-17(19-16)13-3-4-13/h7-8,13H,3-6,9-10H2,1-2H3. The molecule has 0 unspecified atom stereocenters. The summed E-state index contributed by atoms with van der Waals surface area (Å²) in [5, 5.41) is 0. The molecule has 3 heterocycles. The van der Waals surface area contributed by atoms with Crippen molar-refractivity contribution in [2.75, 3.05) is 6.54 Å². The maximum atomic E-state index is 4.80. The van der Waals surface area contributed by atoms with Gasteiger partial charge in [-0.15, -0.1) is 11.3 Å². The lowest BCUT2D eigenvalue weighted by Crippen LogP contribution is -2.30. The Morgan fingerprint density at radius 2 is 2.19 bits per heavy atom. The summed E-state index contributed by atoms with van der Waals surface area (Å²) < 4.78 is 0. The van der Waals surface area contributed by atoms with Gasteiger partial charge in [0.1, 0.15) is 5.82 Å². The minimum Gasteiger partial charge on any atom is -0.293 e. The molecule has 2 aromatic heterocycles. The van der Waals surface area contributed by atoms with Crippen molar-refractivity contribution in [1.29, 1.82) is 0 Å². The number of nitrogens with zero attached hydrogens (tertiary/aromatic N) is 3. The molecular formula is C17H21N3S. The van der Waals surface area contributed by atoms with Crippen molar-refractivity contribution in [3.05, 3.63) is 44.7 Å². The fraction of sp³-hybridized carbons (Fsp3) is 0.529. The van der Waals surface area contributed by atoms with Crippen LogP contribution in [0.4, 0.5) is 0 Å². The molecule has 0 bridgehead atoms. The minimum absolute atomic E-state index is 0.658. The maximum absolute atomic E-state index is 4.80. The number of hydrogen-bond acceptors (Lipinski definition) is 4. The number of aryl methyl sites for hydroxylation is 2. The lowest BCUT2D eigenvalue weighted by molar-refractivity contribution is 0.244. The van der Waals surface area contributed by atoms with Crippen LogP contribution in [0, 0.1) is 13.8 Å². The Morgan fingerprint density at radius 1 is 1.33 bits per heavy atom. The minimum atomic E-state index is 0.658. The highest BCUT2D eigenvalue weighted by Gasteiger charge is 2.28. The van der Waals surface area contributed by atoms with Crippen molar-refractivity contribution >= 4 is 11.3 Å². The summed E-state index contributed by atoms with van der Waals surface area (Å²) in [5.74, 6) is 1.75. The van der Waals surface area contributed by atoms with Gasteiger partial charge in [0.05, 0.1) is 0 Å². The van der Waals surface area contributed by atoms with E-state index >= 15 is 0 Å². The van der Waals surface area contributed by atoms with Crippen molar-refractivity contribution in [3.8, 4) is 0 Å². The fourth-order valence-electron chi connectivity index (χ4n) is 3.01. The maximum Gasteiger partial charge on any atom is 0.131 e. The van der Waals surface area contributed by atoms with E-state index in [4.69, 9.17) is 4.98 Å². The van der Waals surface area contributed by atoms with Crippen LogP contribution in [-0.2, 0) is 19.5 Å². The van der Waals surface area contributed by atoms with E-state index < -0.39 is 0 Å². The third-order valence-electron chi connectivity index (χ3n) is 4.57. The number of rotatable bonds is 3. The van der Waals surface area contributed by atoms with E-state index in [2.05, 4.69) is 36.0 Å². The lowest BCUT2D eigenvalue weighted by atomic mass is 10.1. The summed E-state index contributed by atoms with van der Waals surface area (Å²) in [4.78, 5) is 14.8. The Labute approximate surface area is 130 Å². The van der Waals surface area contributed by atoms with Crippen LogP contribution in [0.3, 0.4) is 0 Å². The molecule has 2 aromatic rings. The van der Waals surface area contributed by atoms with Crippen LogP contribution < -0.4 is 0 Å².